The van der Waals surface area contributed by atoms with Gasteiger partial charge >= 0.3 is 0 Å². The third-order valence-corrected chi connectivity index (χ3v) is 5.29. The Morgan fingerprint density at radius 2 is 2.20 bits per heavy atom. The van der Waals surface area contributed by atoms with Crippen molar-refractivity contribution in [2.24, 2.45) is 0 Å². The van der Waals surface area contributed by atoms with Gasteiger partial charge in [0, 0.05) is 30.7 Å². The Bertz CT molecular complexity index is 669. The zero-order valence-electron chi connectivity index (χ0n) is 14.4. The number of anilines is 1. The summed E-state index contributed by atoms with van der Waals surface area (Å²) in [6, 6.07) is 4.24. The number of aryl methyl sites for hydroxylation is 1. The van der Waals surface area contributed by atoms with Crippen LogP contribution in [0.2, 0.25) is 0 Å². The number of rotatable bonds is 7. The molecule has 1 atom stereocenters. The van der Waals surface area contributed by atoms with Crippen molar-refractivity contribution in [2.75, 3.05) is 25.4 Å². The largest absolute Gasteiger partial charge is 0.375 e. The summed E-state index contributed by atoms with van der Waals surface area (Å²) in [5.74, 6) is 0.0532. The van der Waals surface area contributed by atoms with Crippen molar-refractivity contribution in [1.82, 2.24) is 20.2 Å². The number of carbonyl (C=O) groups excluding carboxylic acids is 1. The van der Waals surface area contributed by atoms with Gasteiger partial charge < -0.3 is 11.1 Å². The van der Waals surface area contributed by atoms with Gasteiger partial charge in [0.25, 0.3) is 0 Å². The molecule has 2 aromatic rings. The quantitative estimate of drug-likeness (QED) is 0.793. The summed E-state index contributed by atoms with van der Waals surface area (Å²) in [6.45, 7) is 2.77. The van der Waals surface area contributed by atoms with Crippen LogP contribution in [0.3, 0.4) is 0 Å². The molecular weight excluding hydrogens is 334 g/mol. The lowest BCUT2D eigenvalue weighted by Crippen LogP contribution is -2.40. The van der Waals surface area contributed by atoms with Crippen molar-refractivity contribution in [3.8, 4) is 0 Å². The van der Waals surface area contributed by atoms with Crippen molar-refractivity contribution < 1.29 is 4.79 Å². The van der Waals surface area contributed by atoms with Gasteiger partial charge in [0.2, 0.25) is 5.91 Å². The molecule has 1 fully saturated rings. The van der Waals surface area contributed by atoms with Gasteiger partial charge in [0.05, 0.1) is 11.7 Å². The summed E-state index contributed by atoms with van der Waals surface area (Å²) in [6.07, 6.45) is 8.48. The topological polar surface area (TPSA) is 84.1 Å². The molecule has 0 aliphatic carbocycles. The number of aromatic nitrogens is 2. The Balaban J connectivity index is 1.55. The van der Waals surface area contributed by atoms with Crippen LogP contribution in [0.1, 0.15) is 43.0 Å². The lowest BCUT2D eigenvalue weighted by atomic mass is 10.0. The second kappa shape index (κ2) is 8.92. The van der Waals surface area contributed by atoms with Gasteiger partial charge in [-0.05, 0) is 44.0 Å². The zero-order valence-corrected chi connectivity index (χ0v) is 15.2. The van der Waals surface area contributed by atoms with E-state index >= 15 is 0 Å². The number of nitrogens with zero attached hydrogens (tertiary/aromatic N) is 3. The number of pyridine rings is 1. The van der Waals surface area contributed by atoms with Gasteiger partial charge in [0.1, 0.15) is 0 Å². The van der Waals surface area contributed by atoms with E-state index in [1.54, 1.807) is 6.20 Å². The van der Waals surface area contributed by atoms with Crippen LogP contribution in [0.5, 0.6) is 0 Å². The number of carbonyl (C=O) groups is 1. The van der Waals surface area contributed by atoms with Crippen LogP contribution in [0.4, 0.5) is 5.13 Å². The molecule has 1 aliphatic rings. The van der Waals surface area contributed by atoms with Gasteiger partial charge in [-0.1, -0.05) is 12.5 Å². The van der Waals surface area contributed by atoms with E-state index in [4.69, 9.17) is 5.73 Å². The monoisotopic (exact) mass is 359 g/mol. The fraction of sp³-hybridized carbons (Fsp3) is 0.500. The highest BCUT2D eigenvalue weighted by Gasteiger charge is 2.23. The number of likely N-dealkylation sites (tertiary alicyclic amines) is 1. The lowest BCUT2D eigenvalue weighted by Gasteiger charge is -2.34. The van der Waals surface area contributed by atoms with Gasteiger partial charge in [-0.2, -0.15) is 0 Å². The molecule has 0 radical (unpaired) electrons. The molecule has 3 N–H and O–H groups in total. The molecule has 2 aromatic heterocycles. The molecule has 6 nitrogen and oxygen atoms in total. The molecular formula is C18H25N5OS. The Labute approximate surface area is 152 Å². The summed E-state index contributed by atoms with van der Waals surface area (Å²) in [5, 5.41) is 5.56. The highest BCUT2D eigenvalue weighted by atomic mass is 32.1. The Morgan fingerprint density at radius 3 is 2.88 bits per heavy atom. The van der Waals surface area contributed by atoms with E-state index in [0.29, 0.717) is 24.5 Å². The van der Waals surface area contributed by atoms with Crippen LogP contribution in [-0.2, 0) is 11.2 Å². The first-order valence-corrected chi connectivity index (χ1v) is 9.71. The van der Waals surface area contributed by atoms with Crippen LogP contribution in [0.25, 0.3) is 0 Å². The molecule has 1 aliphatic heterocycles. The third-order valence-electron chi connectivity index (χ3n) is 4.57. The van der Waals surface area contributed by atoms with E-state index in [0.717, 1.165) is 24.3 Å². The number of nitrogen functional groups attached to an aromatic ring is 1. The van der Waals surface area contributed by atoms with Crippen LogP contribution in [-0.4, -0.2) is 40.4 Å². The molecule has 3 rings (SSSR count). The number of hydrogen-bond donors (Lipinski definition) is 2. The third kappa shape index (κ3) is 5.24. The zero-order chi connectivity index (χ0) is 17.5. The second-order valence-corrected chi connectivity index (χ2v) is 7.27. The maximum Gasteiger partial charge on any atom is 0.220 e. The first kappa shape index (κ1) is 17.8. The van der Waals surface area contributed by atoms with Gasteiger partial charge in [-0.3, -0.25) is 14.7 Å². The number of piperidine rings is 1. The van der Waals surface area contributed by atoms with Gasteiger partial charge in [-0.25, -0.2) is 4.98 Å². The molecule has 0 spiro atoms. The maximum absolute atomic E-state index is 12.2. The van der Waals surface area contributed by atoms with Gasteiger partial charge in [-0.15, -0.1) is 11.3 Å². The van der Waals surface area contributed by atoms with Crippen LogP contribution < -0.4 is 11.1 Å². The Kier molecular flexibility index (Phi) is 6.36. The van der Waals surface area contributed by atoms with Crippen molar-refractivity contribution in [2.45, 2.75) is 38.1 Å². The Hall–Kier alpha value is -1.99. The fourth-order valence-electron chi connectivity index (χ4n) is 3.24. The van der Waals surface area contributed by atoms with Gasteiger partial charge in [0.15, 0.2) is 5.13 Å². The molecule has 1 saturated heterocycles. The first-order chi connectivity index (χ1) is 12.2. The smallest absolute Gasteiger partial charge is 0.220 e. The predicted octanol–water partition coefficient (Wildman–Crippen LogP) is 2.40. The van der Waals surface area contributed by atoms with Crippen LogP contribution >= 0.6 is 11.3 Å². The minimum atomic E-state index is 0.0532. The summed E-state index contributed by atoms with van der Waals surface area (Å²) in [4.78, 5) is 23.1. The average Bonchev–Trinajstić information content (AvgIpc) is 3.07. The number of thiazole rings is 1. The molecule has 1 unspecified atom stereocenters. The minimum absolute atomic E-state index is 0.0532. The highest BCUT2D eigenvalue weighted by Crippen LogP contribution is 2.23. The summed E-state index contributed by atoms with van der Waals surface area (Å²) < 4.78 is 0. The van der Waals surface area contributed by atoms with Crippen molar-refractivity contribution in [3.05, 3.63) is 41.2 Å². The van der Waals surface area contributed by atoms with Crippen LogP contribution in [0, 0.1) is 0 Å². The van der Waals surface area contributed by atoms with E-state index in [1.165, 1.54) is 30.6 Å². The molecule has 0 bridgehead atoms. The van der Waals surface area contributed by atoms with Crippen molar-refractivity contribution >= 4 is 22.4 Å². The summed E-state index contributed by atoms with van der Waals surface area (Å²) in [5.41, 5.74) is 7.68. The standard InChI is InChI=1S/C18H25N5OS/c19-18-22-15(13-25-18)6-7-17(24)21-12-16(14-5-4-8-20-11-14)23-9-2-1-3-10-23/h4-5,8,11,13,16H,1-3,6-7,9-10,12H2,(H2,19,22)(H,21,24). The average molecular weight is 359 g/mol. The second-order valence-electron chi connectivity index (χ2n) is 6.38. The molecule has 0 aromatic carbocycles. The number of hydrogen-bond acceptors (Lipinski definition) is 6. The molecule has 3 heterocycles. The van der Waals surface area contributed by atoms with Crippen LogP contribution in [0.15, 0.2) is 29.9 Å². The Morgan fingerprint density at radius 1 is 1.36 bits per heavy atom. The molecule has 7 heteroatoms. The summed E-state index contributed by atoms with van der Waals surface area (Å²) in [7, 11) is 0. The van der Waals surface area contributed by atoms with E-state index in [-0.39, 0.29) is 11.9 Å². The van der Waals surface area contributed by atoms with E-state index in [9.17, 15) is 4.79 Å². The highest BCUT2D eigenvalue weighted by molar-refractivity contribution is 7.13. The first-order valence-electron chi connectivity index (χ1n) is 8.83. The van der Waals surface area contributed by atoms with Crippen molar-refractivity contribution in [3.63, 3.8) is 0 Å². The predicted molar refractivity (Wildman–Crippen MR) is 100 cm³/mol. The normalized spacial score (nSPS) is 16.5. The van der Waals surface area contributed by atoms with E-state index < -0.39 is 0 Å². The molecule has 25 heavy (non-hydrogen) atoms. The molecule has 0 saturated carbocycles. The lowest BCUT2D eigenvalue weighted by molar-refractivity contribution is -0.121. The fourth-order valence-corrected chi connectivity index (χ4v) is 3.84. The van der Waals surface area contributed by atoms with Crippen molar-refractivity contribution in [1.29, 1.82) is 0 Å². The van der Waals surface area contributed by atoms with E-state index in [1.807, 2.05) is 17.6 Å². The number of amides is 1. The number of nitrogens with two attached hydrogens (primary N) is 1. The maximum atomic E-state index is 12.2. The molecule has 1 amide bonds. The number of nitrogens with one attached hydrogen (secondary N) is 1. The summed E-state index contributed by atoms with van der Waals surface area (Å²) >= 11 is 1.41. The SMILES string of the molecule is Nc1nc(CCC(=O)NCC(c2cccnc2)N2CCCCC2)cs1. The minimum Gasteiger partial charge on any atom is -0.375 e. The van der Waals surface area contributed by atoms with E-state index in [2.05, 4.69) is 26.3 Å². The molecule has 134 valence electrons.